The van der Waals surface area contributed by atoms with Crippen LogP contribution in [0.1, 0.15) is 39.0 Å². The van der Waals surface area contributed by atoms with E-state index in [9.17, 15) is 0 Å². The summed E-state index contributed by atoms with van der Waals surface area (Å²) in [5.41, 5.74) is 0. The summed E-state index contributed by atoms with van der Waals surface area (Å²) in [6.45, 7) is 4.86. The second-order valence-electron chi connectivity index (χ2n) is 5.36. The molecule has 0 aromatic heterocycles. The van der Waals surface area contributed by atoms with E-state index in [1.807, 2.05) is 0 Å². The monoisotopic (exact) mass is 257 g/mol. The van der Waals surface area contributed by atoms with Crippen LogP contribution < -0.4 is 5.32 Å². The van der Waals surface area contributed by atoms with Crippen LogP contribution in [0.3, 0.4) is 0 Å². The molecule has 18 heavy (non-hydrogen) atoms. The molecule has 4 unspecified atom stereocenters. The van der Waals surface area contributed by atoms with Crippen LogP contribution in [0.4, 0.5) is 0 Å². The van der Waals surface area contributed by atoms with Gasteiger partial charge in [-0.2, -0.15) is 0 Å². The minimum atomic E-state index is 0.208. The Morgan fingerprint density at radius 1 is 1.33 bits per heavy atom. The lowest BCUT2D eigenvalue weighted by molar-refractivity contribution is -0.155. The molecule has 2 rings (SSSR count). The molecule has 4 nitrogen and oxygen atoms in total. The Morgan fingerprint density at radius 3 is 2.89 bits per heavy atom. The second-order valence-corrected chi connectivity index (χ2v) is 5.36. The third-order valence-electron chi connectivity index (χ3n) is 3.95. The van der Waals surface area contributed by atoms with Crippen molar-refractivity contribution >= 4 is 0 Å². The van der Waals surface area contributed by atoms with Gasteiger partial charge in [0.25, 0.3) is 0 Å². The van der Waals surface area contributed by atoms with Crippen molar-refractivity contribution in [2.24, 2.45) is 0 Å². The van der Waals surface area contributed by atoms with E-state index in [1.54, 1.807) is 7.11 Å². The van der Waals surface area contributed by atoms with Crippen LogP contribution in [-0.4, -0.2) is 51.2 Å². The molecule has 0 bridgehead atoms. The second kappa shape index (κ2) is 7.43. The molecule has 1 aliphatic carbocycles. The van der Waals surface area contributed by atoms with E-state index < -0.39 is 0 Å². The number of methoxy groups -OCH3 is 1. The van der Waals surface area contributed by atoms with Gasteiger partial charge in [-0.3, -0.25) is 0 Å². The first-order valence-electron chi connectivity index (χ1n) is 7.34. The zero-order chi connectivity index (χ0) is 12.8. The van der Waals surface area contributed by atoms with Gasteiger partial charge in [0.1, 0.15) is 0 Å². The van der Waals surface area contributed by atoms with Gasteiger partial charge in [-0.05, 0) is 38.6 Å². The first-order valence-corrected chi connectivity index (χ1v) is 7.34. The van der Waals surface area contributed by atoms with E-state index in [1.165, 1.54) is 12.8 Å². The van der Waals surface area contributed by atoms with Gasteiger partial charge >= 0.3 is 0 Å². The molecule has 0 aromatic rings. The Hall–Kier alpha value is -0.160. The van der Waals surface area contributed by atoms with Gasteiger partial charge in [-0.1, -0.05) is 6.92 Å². The molecular weight excluding hydrogens is 230 g/mol. The maximum atomic E-state index is 5.94. The molecule has 1 saturated heterocycles. The number of nitrogens with one attached hydrogen (secondary N) is 1. The summed E-state index contributed by atoms with van der Waals surface area (Å²) >= 11 is 0. The summed E-state index contributed by atoms with van der Waals surface area (Å²) in [5, 5.41) is 3.50. The minimum absolute atomic E-state index is 0.208. The molecule has 0 aromatic carbocycles. The zero-order valence-electron chi connectivity index (χ0n) is 11.7. The number of ether oxygens (including phenoxy) is 3. The summed E-state index contributed by atoms with van der Waals surface area (Å²) in [4.78, 5) is 0. The summed E-state index contributed by atoms with van der Waals surface area (Å²) < 4.78 is 17.1. The first-order chi connectivity index (χ1) is 8.85. The van der Waals surface area contributed by atoms with Crippen LogP contribution in [0.15, 0.2) is 0 Å². The highest BCUT2D eigenvalue weighted by molar-refractivity contribution is 4.97. The zero-order valence-corrected chi connectivity index (χ0v) is 11.7. The van der Waals surface area contributed by atoms with Crippen molar-refractivity contribution in [3.05, 3.63) is 0 Å². The minimum Gasteiger partial charge on any atom is -0.377 e. The van der Waals surface area contributed by atoms with Gasteiger partial charge in [0.05, 0.1) is 24.9 Å². The van der Waals surface area contributed by atoms with Crippen LogP contribution in [0.2, 0.25) is 0 Å². The topological polar surface area (TPSA) is 39.7 Å². The molecule has 2 aliphatic rings. The standard InChI is InChI=1S/C14H27NO3/c1-3-7-15-12-9-13(14(12)16-2)18-10-11-6-4-5-8-17-11/h11-15H,3-10H2,1-2H3. The Balaban J connectivity index is 1.64. The molecule has 1 saturated carbocycles. The molecule has 0 amide bonds. The van der Waals surface area contributed by atoms with Crippen LogP contribution in [0, 0.1) is 0 Å². The Kier molecular flexibility index (Phi) is 5.89. The van der Waals surface area contributed by atoms with Gasteiger partial charge in [0.2, 0.25) is 0 Å². The average Bonchev–Trinajstić information content (AvgIpc) is 2.39. The first kappa shape index (κ1) is 14.3. The molecule has 0 radical (unpaired) electrons. The summed E-state index contributed by atoms with van der Waals surface area (Å²) in [6.07, 6.45) is 6.59. The third-order valence-corrected chi connectivity index (χ3v) is 3.95. The maximum absolute atomic E-state index is 5.94. The largest absolute Gasteiger partial charge is 0.377 e. The molecule has 0 spiro atoms. The predicted molar refractivity (Wildman–Crippen MR) is 70.8 cm³/mol. The quantitative estimate of drug-likeness (QED) is 0.754. The summed E-state index contributed by atoms with van der Waals surface area (Å²) in [7, 11) is 1.78. The average molecular weight is 257 g/mol. The molecule has 1 aliphatic heterocycles. The van der Waals surface area contributed by atoms with E-state index in [0.717, 1.165) is 39.0 Å². The lowest BCUT2D eigenvalue weighted by atomic mass is 9.85. The summed E-state index contributed by atoms with van der Waals surface area (Å²) in [6, 6.07) is 0.465. The van der Waals surface area contributed by atoms with Gasteiger partial charge in [0.15, 0.2) is 0 Å². The Bertz CT molecular complexity index is 231. The molecule has 4 heteroatoms. The molecule has 4 atom stereocenters. The molecular formula is C14H27NO3. The van der Waals surface area contributed by atoms with E-state index in [-0.39, 0.29) is 12.2 Å². The molecule has 2 fully saturated rings. The number of rotatable bonds is 7. The van der Waals surface area contributed by atoms with Gasteiger partial charge in [0, 0.05) is 19.8 Å². The van der Waals surface area contributed by atoms with E-state index in [2.05, 4.69) is 12.2 Å². The Labute approximate surface area is 110 Å². The van der Waals surface area contributed by atoms with Gasteiger partial charge < -0.3 is 19.5 Å². The van der Waals surface area contributed by atoms with Crippen LogP contribution in [0.5, 0.6) is 0 Å². The molecule has 1 heterocycles. The fraction of sp³-hybridized carbons (Fsp3) is 1.00. The van der Waals surface area contributed by atoms with Crippen LogP contribution >= 0.6 is 0 Å². The third kappa shape index (κ3) is 3.67. The summed E-state index contributed by atoms with van der Waals surface area (Å²) in [5.74, 6) is 0. The smallest absolute Gasteiger partial charge is 0.0986 e. The van der Waals surface area contributed by atoms with Crippen molar-refractivity contribution in [3.8, 4) is 0 Å². The predicted octanol–water partition coefficient (Wildman–Crippen LogP) is 1.73. The number of hydrogen-bond donors (Lipinski definition) is 1. The van der Waals surface area contributed by atoms with Crippen LogP contribution in [-0.2, 0) is 14.2 Å². The highest BCUT2D eigenvalue weighted by Gasteiger charge is 2.42. The fourth-order valence-electron chi connectivity index (χ4n) is 2.76. The van der Waals surface area contributed by atoms with E-state index >= 15 is 0 Å². The maximum Gasteiger partial charge on any atom is 0.0986 e. The van der Waals surface area contributed by atoms with Gasteiger partial charge in [-0.25, -0.2) is 0 Å². The lowest BCUT2D eigenvalue weighted by Crippen LogP contribution is -2.60. The van der Waals surface area contributed by atoms with E-state index in [4.69, 9.17) is 14.2 Å². The van der Waals surface area contributed by atoms with Crippen molar-refractivity contribution < 1.29 is 14.2 Å². The SMILES string of the molecule is CCCNC1CC(OCC2CCCCO2)C1OC. The fourth-order valence-corrected chi connectivity index (χ4v) is 2.76. The van der Waals surface area contributed by atoms with Crippen molar-refractivity contribution in [1.82, 2.24) is 5.32 Å². The van der Waals surface area contributed by atoms with Gasteiger partial charge in [-0.15, -0.1) is 0 Å². The van der Waals surface area contributed by atoms with Crippen molar-refractivity contribution in [2.45, 2.75) is 63.4 Å². The highest BCUT2D eigenvalue weighted by atomic mass is 16.6. The molecule has 106 valence electrons. The van der Waals surface area contributed by atoms with Crippen molar-refractivity contribution in [3.63, 3.8) is 0 Å². The normalized spacial score (nSPS) is 36.3. The molecule has 1 N–H and O–H groups in total. The van der Waals surface area contributed by atoms with Crippen LogP contribution in [0.25, 0.3) is 0 Å². The van der Waals surface area contributed by atoms with Crippen molar-refractivity contribution in [2.75, 3.05) is 26.9 Å². The Morgan fingerprint density at radius 2 is 2.22 bits per heavy atom. The van der Waals surface area contributed by atoms with E-state index in [0.29, 0.717) is 12.1 Å². The number of hydrogen-bond acceptors (Lipinski definition) is 4. The lowest BCUT2D eigenvalue weighted by Gasteiger charge is -2.44. The van der Waals surface area contributed by atoms with Crippen molar-refractivity contribution in [1.29, 1.82) is 0 Å². The highest BCUT2D eigenvalue weighted by Crippen LogP contribution is 2.27.